The van der Waals surface area contributed by atoms with Gasteiger partial charge in [-0.05, 0) is 49.9 Å². The molecule has 18 heavy (non-hydrogen) atoms. The van der Waals surface area contributed by atoms with Crippen molar-refractivity contribution in [1.82, 2.24) is 0 Å². The van der Waals surface area contributed by atoms with E-state index in [4.69, 9.17) is 10.5 Å². The number of ether oxygens (including phenoxy) is 1. The van der Waals surface area contributed by atoms with Crippen LogP contribution in [0.5, 0.6) is 5.75 Å². The fourth-order valence-corrected chi connectivity index (χ4v) is 2.80. The van der Waals surface area contributed by atoms with E-state index in [0.717, 1.165) is 18.6 Å². The average molecular weight is 247 g/mol. The van der Waals surface area contributed by atoms with Gasteiger partial charge in [0.2, 0.25) is 0 Å². The van der Waals surface area contributed by atoms with Crippen molar-refractivity contribution in [1.29, 1.82) is 0 Å². The summed E-state index contributed by atoms with van der Waals surface area (Å²) < 4.78 is 6.24. The zero-order chi connectivity index (χ0) is 13.5. The summed E-state index contributed by atoms with van der Waals surface area (Å²) in [6.45, 7) is 10.8. The molecule has 2 heteroatoms. The molecular formula is C16H25NO. The van der Waals surface area contributed by atoms with Crippen LogP contribution >= 0.6 is 0 Å². The van der Waals surface area contributed by atoms with Gasteiger partial charge in [-0.2, -0.15) is 0 Å². The first kappa shape index (κ1) is 13.4. The molecule has 1 fully saturated rings. The first-order chi connectivity index (χ1) is 8.38. The Morgan fingerprint density at radius 1 is 1.33 bits per heavy atom. The van der Waals surface area contributed by atoms with Crippen LogP contribution in [0.3, 0.4) is 0 Å². The standard InChI is InChI=1S/C16H25NO/c1-6-16(5)14(17)9-15(16)18-13-8-10(2)7-11(3)12(13)4/h7-8,14-15H,6,9,17H2,1-5H3. The minimum Gasteiger partial charge on any atom is -0.489 e. The van der Waals surface area contributed by atoms with Crippen molar-refractivity contribution in [3.63, 3.8) is 0 Å². The number of hydrogen-bond donors (Lipinski definition) is 1. The Morgan fingerprint density at radius 3 is 2.56 bits per heavy atom. The molecule has 0 spiro atoms. The SMILES string of the molecule is CCC1(C)C(N)CC1Oc1cc(C)cc(C)c1C. The second-order valence-corrected chi connectivity index (χ2v) is 6.01. The van der Waals surface area contributed by atoms with E-state index in [9.17, 15) is 0 Å². The highest BCUT2D eigenvalue weighted by atomic mass is 16.5. The van der Waals surface area contributed by atoms with Gasteiger partial charge in [0.05, 0.1) is 0 Å². The first-order valence-corrected chi connectivity index (χ1v) is 6.88. The maximum absolute atomic E-state index is 6.24. The molecule has 3 atom stereocenters. The molecule has 0 radical (unpaired) electrons. The summed E-state index contributed by atoms with van der Waals surface area (Å²) >= 11 is 0. The lowest BCUT2D eigenvalue weighted by Crippen LogP contribution is -2.61. The van der Waals surface area contributed by atoms with Crippen LogP contribution in [0.1, 0.15) is 43.4 Å². The van der Waals surface area contributed by atoms with Gasteiger partial charge in [-0.15, -0.1) is 0 Å². The largest absolute Gasteiger partial charge is 0.489 e. The molecule has 1 aromatic rings. The van der Waals surface area contributed by atoms with E-state index in [1.807, 2.05) is 0 Å². The van der Waals surface area contributed by atoms with Crippen LogP contribution in [0.2, 0.25) is 0 Å². The fraction of sp³-hybridized carbons (Fsp3) is 0.625. The molecule has 0 saturated heterocycles. The molecule has 0 aromatic heterocycles. The summed E-state index contributed by atoms with van der Waals surface area (Å²) in [7, 11) is 0. The van der Waals surface area contributed by atoms with E-state index in [1.54, 1.807) is 0 Å². The molecular weight excluding hydrogens is 222 g/mol. The van der Waals surface area contributed by atoms with E-state index in [-0.39, 0.29) is 17.6 Å². The van der Waals surface area contributed by atoms with E-state index in [1.165, 1.54) is 16.7 Å². The van der Waals surface area contributed by atoms with Crippen molar-refractivity contribution in [3.8, 4) is 5.75 Å². The second-order valence-electron chi connectivity index (χ2n) is 6.01. The third-order valence-corrected chi connectivity index (χ3v) is 4.85. The van der Waals surface area contributed by atoms with Crippen LogP contribution < -0.4 is 10.5 Å². The van der Waals surface area contributed by atoms with Gasteiger partial charge in [0.1, 0.15) is 11.9 Å². The smallest absolute Gasteiger partial charge is 0.123 e. The normalized spacial score (nSPS) is 31.0. The third kappa shape index (κ3) is 2.03. The van der Waals surface area contributed by atoms with Gasteiger partial charge in [0.15, 0.2) is 0 Å². The van der Waals surface area contributed by atoms with Crippen LogP contribution in [0.25, 0.3) is 0 Å². The predicted octanol–water partition coefficient (Wildman–Crippen LogP) is 3.51. The van der Waals surface area contributed by atoms with Gasteiger partial charge < -0.3 is 10.5 Å². The van der Waals surface area contributed by atoms with E-state index < -0.39 is 0 Å². The molecule has 1 aromatic carbocycles. The molecule has 3 unspecified atom stereocenters. The monoisotopic (exact) mass is 247 g/mol. The summed E-state index contributed by atoms with van der Waals surface area (Å²) in [6, 6.07) is 4.62. The molecule has 2 rings (SSSR count). The van der Waals surface area contributed by atoms with Crippen molar-refractivity contribution >= 4 is 0 Å². The van der Waals surface area contributed by atoms with Crippen molar-refractivity contribution < 1.29 is 4.74 Å². The molecule has 0 amide bonds. The van der Waals surface area contributed by atoms with Gasteiger partial charge in [0.25, 0.3) is 0 Å². The molecule has 2 N–H and O–H groups in total. The summed E-state index contributed by atoms with van der Waals surface area (Å²) in [5.74, 6) is 1.03. The van der Waals surface area contributed by atoms with Gasteiger partial charge >= 0.3 is 0 Å². The van der Waals surface area contributed by atoms with Gasteiger partial charge in [-0.3, -0.25) is 0 Å². The highest BCUT2D eigenvalue weighted by molar-refractivity contribution is 5.42. The lowest BCUT2D eigenvalue weighted by atomic mass is 9.62. The molecule has 2 nitrogen and oxygen atoms in total. The number of benzene rings is 1. The molecule has 0 heterocycles. The van der Waals surface area contributed by atoms with Gasteiger partial charge in [-0.1, -0.05) is 19.9 Å². The Morgan fingerprint density at radius 2 is 2.00 bits per heavy atom. The summed E-state index contributed by atoms with van der Waals surface area (Å²) in [5.41, 5.74) is 10.1. The van der Waals surface area contributed by atoms with E-state index >= 15 is 0 Å². The predicted molar refractivity (Wildman–Crippen MR) is 76.1 cm³/mol. The minimum atomic E-state index is 0.129. The highest BCUT2D eigenvalue weighted by Crippen LogP contribution is 2.45. The Hall–Kier alpha value is -1.02. The van der Waals surface area contributed by atoms with Crippen LogP contribution in [-0.4, -0.2) is 12.1 Å². The quantitative estimate of drug-likeness (QED) is 0.887. The zero-order valence-corrected chi connectivity index (χ0v) is 12.2. The molecule has 1 saturated carbocycles. The summed E-state index contributed by atoms with van der Waals surface area (Å²) in [5, 5.41) is 0. The van der Waals surface area contributed by atoms with Gasteiger partial charge in [0, 0.05) is 17.9 Å². The van der Waals surface area contributed by atoms with Crippen LogP contribution in [0.15, 0.2) is 12.1 Å². The van der Waals surface area contributed by atoms with Crippen molar-refractivity contribution in [2.75, 3.05) is 0 Å². The van der Waals surface area contributed by atoms with Gasteiger partial charge in [-0.25, -0.2) is 0 Å². The first-order valence-electron chi connectivity index (χ1n) is 6.88. The maximum atomic E-state index is 6.24. The van der Waals surface area contributed by atoms with Crippen LogP contribution in [0, 0.1) is 26.2 Å². The average Bonchev–Trinajstić information content (AvgIpc) is 2.33. The van der Waals surface area contributed by atoms with Crippen LogP contribution in [0.4, 0.5) is 0 Å². The molecule has 1 aliphatic carbocycles. The fourth-order valence-electron chi connectivity index (χ4n) is 2.80. The van der Waals surface area contributed by atoms with Crippen molar-refractivity contribution in [3.05, 3.63) is 28.8 Å². The maximum Gasteiger partial charge on any atom is 0.123 e. The number of nitrogens with two attached hydrogens (primary N) is 1. The summed E-state index contributed by atoms with van der Waals surface area (Å²) in [4.78, 5) is 0. The Bertz CT molecular complexity index is 455. The van der Waals surface area contributed by atoms with E-state index in [2.05, 4.69) is 46.8 Å². The lowest BCUT2D eigenvalue weighted by molar-refractivity contribution is -0.0563. The number of rotatable bonds is 3. The Labute approximate surface area is 111 Å². The Kier molecular flexibility index (Phi) is 3.41. The number of aryl methyl sites for hydroxylation is 2. The molecule has 0 bridgehead atoms. The zero-order valence-electron chi connectivity index (χ0n) is 12.2. The van der Waals surface area contributed by atoms with Crippen molar-refractivity contribution in [2.24, 2.45) is 11.1 Å². The third-order valence-electron chi connectivity index (χ3n) is 4.85. The molecule has 0 aliphatic heterocycles. The van der Waals surface area contributed by atoms with Crippen LogP contribution in [-0.2, 0) is 0 Å². The molecule has 100 valence electrons. The minimum absolute atomic E-state index is 0.129. The molecule has 1 aliphatic rings. The second kappa shape index (κ2) is 4.58. The summed E-state index contributed by atoms with van der Waals surface area (Å²) in [6.07, 6.45) is 2.30. The van der Waals surface area contributed by atoms with E-state index in [0.29, 0.717) is 0 Å². The number of hydrogen-bond acceptors (Lipinski definition) is 2. The Balaban J connectivity index is 2.21. The van der Waals surface area contributed by atoms with Crippen molar-refractivity contribution in [2.45, 2.75) is 59.6 Å². The lowest BCUT2D eigenvalue weighted by Gasteiger charge is -2.51. The topological polar surface area (TPSA) is 35.2 Å². The highest BCUT2D eigenvalue weighted by Gasteiger charge is 2.50.